The Morgan fingerprint density at radius 2 is 1.81 bits per heavy atom. The number of nitrogens with zero attached hydrogens (tertiary/aromatic N) is 2. The van der Waals surface area contributed by atoms with Crippen LogP contribution in [0.5, 0.6) is 17.2 Å². The Bertz CT molecular complexity index is 1090. The average molecular weight is 457 g/mol. The van der Waals surface area contributed by atoms with Crippen LogP contribution in [0.3, 0.4) is 0 Å². The molecule has 0 aliphatic heterocycles. The third-order valence-corrected chi connectivity index (χ3v) is 5.06. The molecule has 0 fully saturated rings. The van der Waals surface area contributed by atoms with Gasteiger partial charge >= 0.3 is 0 Å². The zero-order valence-electron chi connectivity index (χ0n) is 18.5. The summed E-state index contributed by atoms with van der Waals surface area (Å²) in [5.74, 6) is 2.64. The Morgan fingerprint density at radius 1 is 1.09 bits per heavy atom. The minimum absolute atomic E-state index is 0.0736. The summed E-state index contributed by atoms with van der Waals surface area (Å²) >= 11 is 5.32. The predicted molar refractivity (Wildman–Crippen MR) is 125 cm³/mol. The highest BCUT2D eigenvalue weighted by Gasteiger charge is 2.13. The van der Waals surface area contributed by atoms with E-state index in [9.17, 15) is 4.79 Å². The van der Waals surface area contributed by atoms with Gasteiger partial charge in [0, 0.05) is 12.1 Å². The summed E-state index contributed by atoms with van der Waals surface area (Å²) in [6.45, 7) is 5.56. The second-order valence-corrected chi connectivity index (χ2v) is 7.30. The number of carbonyl (C=O) groups excluding carboxylic acids is 1. The molecule has 9 heteroatoms. The number of carbonyl (C=O) groups is 1. The first-order chi connectivity index (χ1) is 15.5. The molecule has 0 saturated heterocycles. The summed E-state index contributed by atoms with van der Waals surface area (Å²) in [6.07, 6.45) is 0.667. The van der Waals surface area contributed by atoms with E-state index in [0.29, 0.717) is 42.5 Å². The molecule has 0 radical (unpaired) electrons. The van der Waals surface area contributed by atoms with E-state index in [-0.39, 0.29) is 12.5 Å². The van der Waals surface area contributed by atoms with Gasteiger partial charge in [-0.2, -0.15) is 5.10 Å². The smallest absolute Gasteiger partial charge is 0.240 e. The normalized spacial score (nSPS) is 10.6. The van der Waals surface area contributed by atoms with Gasteiger partial charge in [-0.05, 0) is 74.4 Å². The number of methoxy groups -OCH3 is 1. The highest BCUT2D eigenvalue weighted by Crippen LogP contribution is 2.28. The lowest BCUT2D eigenvalue weighted by Gasteiger charge is -2.13. The van der Waals surface area contributed by atoms with Crippen LogP contribution in [0.25, 0.3) is 11.4 Å². The molecule has 1 aromatic heterocycles. The third-order valence-electron chi connectivity index (χ3n) is 4.75. The van der Waals surface area contributed by atoms with Crippen LogP contribution in [-0.2, 0) is 17.8 Å². The van der Waals surface area contributed by atoms with Crippen LogP contribution in [0.4, 0.5) is 0 Å². The molecule has 0 aliphatic carbocycles. The van der Waals surface area contributed by atoms with Gasteiger partial charge in [0.1, 0.15) is 12.3 Å². The first-order valence-electron chi connectivity index (χ1n) is 10.5. The maximum atomic E-state index is 12.6. The predicted octanol–water partition coefficient (Wildman–Crippen LogP) is 3.77. The minimum atomic E-state index is -0.145. The van der Waals surface area contributed by atoms with Crippen molar-refractivity contribution < 1.29 is 19.0 Å². The summed E-state index contributed by atoms with van der Waals surface area (Å²) in [5, 5.41) is 9.98. The van der Waals surface area contributed by atoms with Crippen molar-refractivity contribution in [2.24, 2.45) is 0 Å². The fraction of sp³-hybridized carbons (Fsp3) is 0.348. The number of amides is 1. The number of aromatic nitrogens is 3. The van der Waals surface area contributed by atoms with Crippen LogP contribution in [0.15, 0.2) is 42.5 Å². The molecule has 2 N–H and O–H groups in total. The fourth-order valence-electron chi connectivity index (χ4n) is 3.22. The van der Waals surface area contributed by atoms with Crippen LogP contribution < -0.4 is 19.5 Å². The topological polar surface area (TPSA) is 90.4 Å². The Balaban J connectivity index is 1.60. The van der Waals surface area contributed by atoms with Crippen molar-refractivity contribution in [3.8, 4) is 28.6 Å². The quantitative estimate of drug-likeness (QED) is 0.427. The second kappa shape index (κ2) is 11.3. The molecule has 3 aromatic rings. The molecule has 170 valence electrons. The number of H-pyrrole nitrogens is 1. The second-order valence-electron chi connectivity index (χ2n) is 6.91. The van der Waals surface area contributed by atoms with Gasteiger partial charge in [0.15, 0.2) is 22.1 Å². The van der Waals surface area contributed by atoms with Crippen molar-refractivity contribution in [2.75, 3.05) is 26.9 Å². The lowest BCUT2D eigenvalue weighted by molar-refractivity contribution is -0.121. The zero-order valence-corrected chi connectivity index (χ0v) is 19.3. The maximum Gasteiger partial charge on any atom is 0.240 e. The molecule has 0 atom stereocenters. The summed E-state index contributed by atoms with van der Waals surface area (Å²) < 4.78 is 18.5. The molecule has 1 heterocycles. The fourth-order valence-corrected chi connectivity index (χ4v) is 3.42. The van der Waals surface area contributed by atoms with Gasteiger partial charge in [-0.3, -0.25) is 14.5 Å². The van der Waals surface area contributed by atoms with E-state index < -0.39 is 0 Å². The molecule has 0 saturated carbocycles. The van der Waals surface area contributed by atoms with Crippen LogP contribution in [0.1, 0.15) is 19.4 Å². The Labute approximate surface area is 192 Å². The van der Waals surface area contributed by atoms with E-state index in [4.69, 9.17) is 26.4 Å². The standard InChI is InChI=1S/C23H28N4O4S/c1-4-30-19-11-6-16(14-20(19)31-5-2)12-13-24-21(28)15-27-22(25-26-23(27)32)17-7-9-18(29-3)10-8-17/h6-11,14H,4-5,12-13,15H2,1-3H3,(H,24,28)(H,26,32). The number of benzene rings is 2. The zero-order chi connectivity index (χ0) is 22.9. The van der Waals surface area contributed by atoms with Gasteiger partial charge in [-0.25, -0.2) is 0 Å². The highest BCUT2D eigenvalue weighted by molar-refractivity contribution is 7.71. The van der Waals surface area contributed by atoms with Crippen LogP contribution in [-0.4, -0.2) is 47.5 Å². The molecule has 8 nitrogen and oxygen atoms in total. The third kappa shape index (κ3) is 5.88. The first-order valence-corrected chi connectivity index (χ1v) is 10.9. The lowest BCUT2D eigenvalue weighted by atomic mass is 10.1. The van der Waals surface area contributed by atoms with E-state index in [1.54, 1.807) is 11.7 Å². The first kappa shape index (κ1) is 23.3. The van der Waals surface area contributed by atoms with Crippen LogP contribution >= 0.6 is 12.2 Å². The van der Waals surface area contributed by atoms with E-state index in [1.807, 2.05) is 56.3 Å². The summed E-state index contributed by atoms with van der Waals surface area (Å²) in [7, 11) is 1.61. The Kier molecular flexibility index (Phi) is 8.27. The molecule has 1 amide bonds. The van der Waals surface area contributed by atoms with Gasteiger partial charge in [-0.1, -0.05) is 6.07 Å². The summed E-state index contributed by atoms with van der Waals surface area (Å²) in [5.41, 5.74) is 1.89. The van der Waals surface area contributed by atoms with Crippen LogP contribution in [0.2, 0.25) is 0 Å². The monoisotopic (exact) mass is 456 g/mol. The Morgan fingerprint density at radius 3 is 2.50 bits per heavy atom. The van der Waals surface area contributed by atoms with Crippen LogP contribution in [0, 0.1) is 4.77 Å². The van der Waals surface area contributed by atoms with E-state index in [2.05, 4.69) is 15.5 Å². The number of aromatic amines is 1. The molecule has 0 aliphatic rings. The van der Waals surface area contributed by atoms with Gasteiger partial charge in [-0.15, -0.1) is 0 Å². The van der Waals surface area contributed by atoms with Crippen molar-refractivity contribution in [1.29, 1.82) is 0 Å². The number of hydrogen-bond acceptors (Lipinski definition) is 6. The number of rotatable bonds is 11. The number of hydrogen-bond donors (Lipinski definition) is 2. The molecule has 32 heavy (non-hydrogen) atoms. The average Bonchev–Trinajstić information content (AvgIpc) is 3.16. The van der Waals surface area contributed by atoms with E-state index in [0.717, 1.165) is 22.6 Å². The molecular weight excluding hydrogens is 428 g/mol. The summed E-state index contributed by atoms with van der Waals surface area (Å²) in [4.78, 5) is 12.6. The van der Waals surface area contributed by atoms with Gasteiger partial charge < -0.3 is 19.5 Å². The van der Waals surface area contributed by atoms with Crippen molar-refractivity contribution in [1.82, 2.24) is 20.1 Å². The van der Waals surface area contributed by atoms with Crippen molar-refractivity contribution in [3.05, 3.63) is 52.8 Å². The largest absolute Gasteiger partial charge is 0.497 e. The molecule has 0 spiro atoms. The molecule has 0 bridgehead atoms. The molecule has 2 aromatic carbocycles. The summed E-state index contributed by atoms with van der Waals surface area (Å²) in [6, 6.07) is 13.3. The number of ether oxygens (including phenoxy) is 3. The molecular formula is C23H28N4O4S. The number of nitrogens with one attached hydrogen (secondary N) is 2. The van der Waals surface area contributed by atoms with Crippen molar-refractivity contribution >= 4 is 18.1 Å². The van der Waals surface area contributed by atoms with Gasteiger partial charge in [0.05, 0.1) is 20.3 Å². The highest BCUT2D eigenvalue weighted by atomic mass is 32.1. The maximum absolute atomic E-state index is 12.6. The van der Waals surface area contributed by atoms with Crippen molar-refractivity contribution in [2.45, 2.75) is 26.8 Å². The lowest BCUT2D eigenvalue weighted by Crippen LogP contribution is -2.29. The Hall–Kier alpha value is -3.33. The SMILES string of the molecule is CCOc1ccc(CCNC(=O)Cn2c(-c3ccc(OC)cc3)n[nH]c2=S)cc1OCC. The van der Waals surface area contributed by atoms with Gasteiger partial charge in [0.2, 0.25) is 5.91 Å². The van der Waals surface area contributed by atoms with Crippen molar-refractivity contribution in [3.63, 3.8) is 0 Å². The molecule has 3 rings (SSSR count). The van der Waals surface area contributed by atoms with E-state index in [1.165, 1.54) is 0 Å². The van der Waals surface area contributed by atoms with Gasteiger partial charge in [0.25, 0.3) is 0 Å². The molecule has 0 unspecified atom stereocenters. The van der Waals surface area contributed by atoms with E-state index >= 15 is 0 Å². The minimum Gasteiger partial charge on any atom is -0.497 e.